The lowest BCUT2D eigenvalue weighted by Gasteiger charge is -2.28. The zero-order valence-corrected chi connectivity index (χ0v) is 12.9. The summed E-state index contributed by atoms with van der Waals surface area (Å²) in [5, 5.41) is 10.1. The van der Waals surface area contributed by atoms with Crippen LogP contribution < -0.4 is 4.90 Å². The molecule has 0 saturated carbocycles. The number of methoxy groups -OCH3 is 1. The summed E-state index contributed by atoms with van der Waals surface area (Å²) < 4.78 is 5.06. The lowest BCUT2D eigenvalue weighted by atomic mass is 10.1. The van der Waals surface area contributed by atoms with Gasteiger partial charge >= 0.3 is 5.97 Å². The predicted octanol–water partition coefficient (Wildman–Crippen LogP) is 3.15. The Hall–Kier alpha value is -1.14. The Kier molecular flexibility index (Phi) is 5.37. The molecule has 0 radical (unpaired) electrons. The number of aromatic nitrogens is 1. The van der Waals surface area contributed by atoms with Crippen molar-refractivity contribution >= 4 is 22.4 Å². The number of carboxylic acid groups (broad SMARTS) is 1. The lowest BCUT2D eigenvalue weighted by molar-refractivity contribution is 0.0697. The van der Waals surface area contributed by atoms with Gasteiger partial charge in [0.1, 0.15) is 4.88 Å². The molecule has 1 unspecified atom stereocenters. The van der Waals surface area contributed by atoms with Crippen LogP contribution in [0.15, 0.2) is 0 Å². The first-order valence-corrected chi connectivity index (χ1v) is 7.97. The van der Waals surface area contributed by atoms with Crippen molar-refractivity contribution in [3.05, 3.63) is 10.6 Å². The molecule has 0 aliphatic carbocycles. The van der Waals surface area contributed by atoms with E-state index in [2.05, 4.69) is 16.8 Å². The molecule has 1 atom stereocenters. The molecule has 1 aliphatic rings. The maximum Gasteiger partial charge on any atom is 0.347 e. The molecule has 0 amide bonds. The number of aromatic carboxylic acids is 1. The highest BCUT2D eigenvalue weighted by molar-refractivity contribution is 7.17. The standard InChI is InChI=1S/C14H22N2O3S/c1-3-10-7-5-4-6-8-16(10)14-15-11(9-19-2)12(20-14)13(17)18/h10H,3-9H2,1-2H3,(H,17,18). The second kappa shape index (κ2) is 7.04. The Morgan fingerprint density at radius 3 is 2.95 bits per heavy atom. The van der Waals surface area contributed by atoms with Gasteiger partial charge in [0, 0.05) is 19.7 Å². The summed E-state index contributed by atoms with van der Waals surface area (Å²) in [7, 11) is 1.56. The fourth-order valence-corrected chi connectivity index (χ4v) is 3.72. The molecule has 2 rings (SSSR count). The van der Waals surface area contributed by atoms with Crippen LogP contribution in [0.3, 0.4) is 0 Å². The maximum absolute atomic E-state index is 11.3. The molecule has 0 aromatic carbocycles. The van der Waals surface area contributed by atoms with Gasteiger partial charge in [-0.05, 0) is 19.3 Å². The topological polar surface area (TPSA) is 62.7 Å². The SMILES string of the molecule is CCC1CCCCCN1c1nc(COC)c(C(=O)O)s1. The molecule has 1 aromatic heterocycles. The summed E-state index contributed by atoms with van der Waals surface area (Å²) in [6.45, 7) is 3.41. The average molecular weight is 298 g/mol. The maximum atomic E-state index is 11.3. The van der Waals surface area contributed by atoms with E-state index in [4.69, 9.17) is 4.74 Å². The van der Waals surface area contributed by atoms with Crippen molar-refractivity contribution in [3.8, 4) is 0 Å². The molecule has 20 heavy (non-hydrogen) atoms. The number of nitrogens with zero attached hydrogens (tertiary/aromatic N) is 2. The molecule has 1 aliphatic heterocycles. The van der Waals surface area contributed by atoms with Crippen LogP contribution in [0.1, 0.15) is 54.4 Å². The quantitative estimate of drug-likeness (QED) is 0.904. The number of hydrogen-bond acceptors (Lipinski definition) is 5. The van der Waals surface area contributed by atoms with Crippen molar-refractivity contribution in [1.82, 2.24) is 4.98 Å². The van der Waals surface area contributed by atoms with Crippen LogP contribution in [0.25, 0.3) is 0 Å². The highest BCUT2D eigenvalue weighted by atomic mass is 32.1. The van der Waals surface area contributed by atoms with Crippen LogP contribution in [0, 0.1) is 0 Å². The number of anilines is 1. The molecule has 2 heterocycles. The third-order valence-corrected chi connectivity index (χ3v) is 4.88. The van der Waals surface area contributed by atoms with Crippen LogP contribution in [0.4, 0.5) is 5.13 Å². The van der Waals surface area contributed by atoms with Gasteiger partial charge in [0.15, 0.2) is 5.13 Å². The van der Waals surface area contributed by atoms with Crippen molar-refractivity contribution in [3.63, 3.8) is 0 Å². The van der Waals surface area contributed by atoms with Gasteiger partial charge in [0.05, 0.1) is 12.3 Å². The number of carboxylic acids is 1. The number of rotatable bonds is 5. The minimum absolute atomic E-state index is 0.253. The Balaban J connectivity index is 2.29. The fraction of sp³-hybridized carbons (Fsp3) is 0.714. The lowest BCUT2D eigenvalue weighted by Crippen LogP contribution is -2.34. The Morgan fingerprint density at radius 1 is 1.50 bits per heavy atom. The van der Waals surface area contributed by atoms with E-state index in [1.807, 2.05) is 0 Å². The summed E-state index contributed by atoms with van der Waals surface area (Å²) >= 11 is 1.28. The zero-order chi connectivity index (χ0) is 14.5. The third-order valence-electron chi connectivity index (χ3n) is 3.76. The van der Waals surface area contributed by atoms with Crippen molar-refractivity contribution in [2.45, 2.75) is 51.7 Å². The largest absolute Gasteiger partial charge is 0.477 e. The number of hydrogen-bond donors (Lipinski definition) is 1. The van der Waals surface area contributed by atoms with Gasteiger partial charge in [-0.25, -0.2) is 9.78 Å². The van der Waals surface area contributed by atoms with Crippen LogP contribution >= 0.6 is 11.3 Å². The molecule has 1 fully saturated rings. The van der Waals surface area contributed by atoms with E-state index in [1.54, 1.807) is 7.11 Å². The van der Waals surface area contributed by atoms with Crippen LogP contribution in [-0.2, 0) is 11.3 Å². The summed E-state index contributed by atoms with van der Waals surface area (Å²) in [4.78, 5) is 18.4. The monoisotopic (exact) mass is 298 g/mol. The summed E-state index contributed by atoms with van der Waals surface area (Å²) in [5.41, 5.74) is 0.541. The van der Waals surface area contributed by atoms with Crippen molar-refractivity contribution in [1.29, 1.82) is 0 Å². The molecule has 112 valence electrons. The van der Waals surface area contributed by atoms with Gasteiger partial charge in [0.2, 0.25) is 0 Å². The number of carbonyl (C=O) groups is 1. The van der Waals surface area contributed by atoms with E-state index < -0.39 is 5.97 Å². The first-order chi connectivity index (χ1) is 9.67. The molecule has 1 saturated heterocycles. The summed E-state index contributed by atoms with van der Waals surface area (Å²) in [6.07, 6.45) is 5.88. The van der Waals surface area contributed by atoms with Gasteiger partial charge < -0.3 is 14.7 Å². The zero-order valence-electron chi connectivity index (χ0n) is 12.1. The molecular formula is C14H22N2O3S. The fourth-order valence-electron chi connectivity index (χ4n) is 2.72. The van der Waals surface area contributed by atoms with E-state index in [9.17, 15) is 9.90 Å². The van der Waals surface area contributed by atoms with E-state index in [-0.39, 0.29) is 6.61 Å². The van der Waals surface area contributed by atoms with E-state index in [1.165, 1.54) is 24.2 Å². The molecular weight excluding hydrogens is 276 g/mol. The minimum Gasteiger partial charge on any atom is -0.477 e. The summed E-state index contributed by atoms with van der Waals surface area (Å²) in [6, 6.07) is 0.473. The molecule has 5 nitrogen and oxygen atoms in total. The Labute approximate surface area is 123 Å². The normalized spacial score (nSPS) is 19.9. The van der Waals surface area contributed by atoms with Gasteiger partial charge in [-0.1, -0.05) is 31.1 Å². The van der Waals surface area contributed by atoms with E-state index in [0.29, 0.717) is 16.6 Å². The molecule has 6 heteroatoms. The number of thiazole rings is 1. The molecule has 1 N–H and O–H groups in total. The van der Waals surface area contributed by atoms with E-state index in [0.717, 1.165) is 30.9 Å². The molecule has 0 spiro atoms. The first-order valence-electron chi connectivity index (χ1n) is 7.16. The van der Waals surface area contributed by atoms with Gasteiger partial charge in [-0.3, -0.25) is 0 Å². The second-order valence-corrected chi connectivity index (χ2v) is 6.09. The summed E-state index contributed by atoms with van der Waals surface area (Å²) in [5.74, 6) is -0.913. The highest BCUT2D eigenvalue weighted by Gasteiger charge is 2.25. The van der Waals surface area contributed by atoms with Gasteiger partial charge in [0.25, 0.3) is 0 Å². The molecule has 1 aromatic rings. The minimum atomic E-state index is -0.913. The van der Waals surface area contributed by atoms with Crippen molar-refractivity contribution in [2.75, 3.05) is 18.6 Å². The first kappa shape index (κ1) is 15.3. The smallest absolute Gasteiger partial charge is 0.347 e. The highest BCUT2D eigenvalue weighted by Crippen LogP contribution is 2.32. The second-order valence-electron chi connectivity index (χ2n) is 5.12. The average Bonchev–Trinajstić information content (AvgIpc) is 2.70. The van der Waals surface area contributed by atoms with E-state index >= 15 is 0 Å². The van der Waals surface area contributed by atoms with Crippen molar-refractivity contribution < 1.29 is 14.6 Å². The van der Waals surface area contributed by atoms with Gasteiger partial charge in [-0.2, -0.15) is 0 Å². The van der Waals surface area contributed by atoms with Crippen molar-refractivity contribution in [2.24, 2.45) is 0 Å². The molecule has 0 bridgehead atoms. The van der Waals surface area contributed by atoms with Gasteiger partial charge in [-0.15, -0.1) is 0 Å². The van der Waals surface area contributed by atoms with Crippen LogP contribution in [0.5, 0.6) is 0 Å². The number of ether oxygens (including phenoxy) is 1. The van der Waals surface area contributed by atoms with Crippen LogP contribution in [0.2, 0.25) is 0 Å². The Bertz CT molecular complexity index is 461. The third kappa shape index (κ3) is 3.30. The van der Waals surface area contributed by atoms with Crippen LogP contribution in [-0.4, -0.2) is 35.8 Å². The predicted molar refractivity (Wildman–Crippen MR) is 79.7 cm³/mol. The Morgan fingerprint density at radius 2 is 2.30 bits per heavy atom.